The molecule has 2 aromatic rings. The van der Waals surface area contributed by atoms with Crippen LogP contribution in [0.4, 0.5) is 4.39 Å². The second-order valence-electron chi connectivity index (χ2n) is 4.97. The summed E-state index contributed by atoms with van der Waals surface area (Å²) < 4.78 is 12.8. The third kappa shape index (κ3) is 4.18. The molecule has 0 heterocycles. The first-order valence-corrected chi connectivity index (χ1v) is 6.69. The summed E-state index contributed by atoms with van der Waals surface area (Å²) in [5.74, 6) is -0.185. The van der Waals surface area contributed by atoms with Crippen molar-refractivity contribution in [2.45, 2.75) is 26.3 Å². The second kappa shape index (κ2) is 6.48. The normalized spacial score (nSPS) is 12.4. The first kappa shape index (κ1) is 13.8. The molecule has 1 unspecified atom stereocenters. The molecule has 1 atom stereocenters. The summed E-state index contributed by atoms with van der Waals surface area (Å²) in [6.45, 7) is 5.13. The number of hydrogen-bond donors (Lipinski definition) is 1. The van der Waals surface area contributed by atoms with Crippen molar-refractivity contribution >= 4 is 0 Å². The number of halogens is 1. The van der Waals surface area contributed by atoms with Crippen LogP contribution in [0.5, 0.6) is 0 Å². The van der Waals surface area contributed by atoms with E-state index in [-0.39, 0.29) is 11.9 Å². The van der Waals surface area contributed by atoms with Gasteiger partial charge in [-0.05, 0) is 50.1 Å². The van der Waals surface area contributed by atoms with E-state index in [1.165, 1.54) is 23.3 Å². The zero-order valence-electron chi connectivity index (χ0n) is 11.5. The topological polar surface area (TPSA) is 12.0 Å². The zero-order valence-corrected chi connectivity index (χ0v) is 11.5. The van der Waals surface area contributed by atoms with Crippen molar-refractivity contribution in [2.24, 2.45) is 0 Å². The maximum atomic E-state index is 12.8. The van der Waals surface area contributed by atoms with Crippen LogP contribution in [0, 0.1) is 12.7 Å². The van der Waals surface area contributed by atoms with Gasteiger partial charge in [0.1, 0.15) is 5.82 Å². The van der Waals surface area contributed by atoms with Gasteiger partial charge in [-0.1, -0.05) is 42.0 Å². The fourth-order valence-corrected chi connectivity index (χ4v) is 2.17. The number of aryl methyl sites for hydroxylation is 1. The quantitative estimate of drug-likeness (QED) is 0.852. The van der Waals surface area contributed by atoms with Crippen LogP contribution in [-0.2, 0) is 6.42 Å². The van der Waals surface area contributed by atoms with Gasteiger partial charge in [-0.15, -0.1) is 0 Å². The van der Waals surface area contributed by atoms with Crippen molar-refractivity contribution < 1.29 is 4.39 Å². The molecular weight excluding hydrogens is 237 g/mol. The van der Waals surface area contributed by atoms with Gasteiger partial charge < -0.3 is 5.32 Å². The van der Waals surface area contributed by atoms with Crippen LogP contribution in [0.25, 0.3) is 0 Å². The van der Waals surface area contributed by atoms with Crippen LogP contribution in [0.1, 0.15) is 29.7 Å². The average Bonchev–Trinajstić information content (AvgIpc) is 2.39. The minimum atomic E-state index is -0.185. The number of hydrogen-bond acceptors (Lipinski definition) is 1. The number of rotatable bonds is 5. The smallest absolute Gasteiger partial charge is 0.123 e. The lowest BCUT2D eigenvalue weighted by atomic mass is 10.1. The van der Waals surface area contributed by atoms with Crippen LogP contribution in [-0.4, -0.2) is 6.54 Å². The van der Waals surface area contributed by atoms with Gasteiger partial charge in [0.15, 0.2) is 0 Å². The molecular formula is C17H20FN. The van der Waals surface area contributed by atoms with Crippen LogP contribution in [0.2, 0.25) is 0 Å². The molecule has 0 radical (unpaired) electrons. The molecule has 100 valence electrons. The van der Waals surface area contributed by atoms with Gasteiger partial charge in [0.05, 0.1) is 0 Å². The lowest BCUT2D eigenvalue weighted by Gasteiger charge is -2.14. The molecule has 0 aliphatic heterocycles. The van der Waals surface area contributed by atoms with Crippen molar-refractivity contribution in [1.82, 2.24) is 5.32 Å². The summed E-state index contributed by atoms with van der Waals surface area (Å²) in [5, 5.41) is 3.46. The van der Waals surface area contributed by atoms with Crippen molar-refractivity contribution in [2.75, 3.05) is 6.54 Å². The zero-order chi connectivity index (χ0) is 13.7. The van der Waals surface area contributed by atoms with E-state index in [9.17, 15) is 4.39 Å². The predicted octanol–water partition coefficient (Wildman–Crippen LogP) is 4.03. The Morgan fingerprint density at radius 3 is 2.53 bits per heavy atom. The fraction of sp³-hybridized carbons (Fsp3) is 0.294. The Balaban J connectivity index is 1.84. The highest BCUT2D eigenvalue weighted by atomic mass is 19.1. The molecule has 2 heteroatoms. The third-order valence-corrected chi connectivity index (χ3v) is 3.32. The van der Waals surface area contributed by atoms with Gasteiger partial charge >= 0.3 is 0 Å². The third-order valence-electron chi connectivity index (χ3n) is 3.32. The molecule has 0 saturated heterocycles. The van der Waals surface area contributed by atoms with Crippen molar-refractivity contribution in [1.29, 1.82) is 0 Å². The summed E-state index contributed by atoms with van der Waals surface area (Å²) >= 11 is 0. The molecule has 0 fully saturated rings. The highest BCUT2D eigenvalue weighted by molar-refractivity contribution is 5.23. The molecule has 2 aromatic carbocycles. The van der Waals surface area contributed by atoms with E-state index in [0.29, 0.717) is 0 Å². The Morgan fingerprint density at radius 1 is 1.11 bits per heavy atom. The van der Waals surface area contributed by atoms with E-state index < -0.39 is 0 Å². The van der Waals surface area contributed by atoms with Gasteiger partial charge in [0, 0.05) is 6.04 Å². The minimum Gasteiger partial charge on any atom is -0.310 e. The van der Waals surface area contributed by atoms with E-state index in [4.69, 9.17) is 0 Å². The summed E-state index contributed by atoms with van der Waals surface area (Å²) in [6.07, 6.45) is 1.01. The van der Waals surface area contributed by atoms with E-state index in [2.05, 4.69) is 43.4 Å². The van der Waals surface area contributed by atoms with Crippen LogP contribution in [0.15, 0.2) is 48.5 Å². The Labute approximate surface area is 114 Å². The van der Waals surface area contributed by atoms with Gasteiger partial charge in [-0.3, -0.25) is 0 Å². The molecule has 0 bridgehead atoms. The summed E-state index contributed by atoms with van der Waals surface area (Å²) in [6, 6.07) is 15.5. The number of nitrogens with one attached hydrogen (secondary N) is 1. The van der Waals surface area contributed by atoms with Crippen molar-refractivity contribution in [3.63, 3.8) is 0 Å². The maximum Gasteiger partial charge on any atom is 0.123 e. The molecule has 0 aliphatic rings. The van der Waals surface area contributed by atoms with Gasteiger partial charge in [0.25, 0.3) is 0 Å². The van der Waals surface area contributed by atoms with E-state index in [1.807, 2.05) is 12.1 Å². The van der Waals surface area contributed by atoms with E-state index in [0.717, 1.165) is 18.5 Å². The maximum absolute atomic E-state index is 12.8. The van der Waals surface area contributed by atoms with Crippen LogP contribution >= 0.6 is 0 Å². The lowest BCUT2D eigenvalue weighted by molar-refractivity contribution is 0.573. The lowest BCUT2D eigenvalue weighted by Crippen LogP contribution is -2.21. The van der Waals surface area contributed by atoms with E-state index in [1.54, 1.807) is 0 Å². The molecule has 1 N–H and O–H groups in total. The van der Waals surface area contributed by atoms with Gasteiger partial charge in [-0.2, -0.15) is 0 Å². The first-order valence-electron chi connectivity index (χ1n) is 6.69. The first-order chi connectivity index (χ1) is 9.15. The highest BCUT2D eigenvalue weighted by Gasteiger charge is 2.04. The number of benzene rings is 2. The Bertz CT molecular complexity index is 519. The molecule has 0 aromatic heterocycles. The summed E-state index contributed by atoms with van der Waals surface area (Å²) in [4.78, 5) is 0. The summed E-state index contributed by atoms with van der Waals surface area (Å²) in [5.41, 5.74) is 3.76. The van der Waals surface area contributed by atoms with E-state index >= 15 is 0 Å². The SMILES string of the molecule is Cc1cccc(CCNC(C)c2ccc(F)cc2)c1. The predicted molar refractivity (Wildman–Crippen MR) is 77.7 cm³/mol. The average molecular weight is 257 g/mol. The van der Waals surface area contributed by atoms with Crippen LogP contribution in [0.3, 0.4) is 0 Å². The molecule has 0 aliphatic carbocycles. The largest absolute Gasteiger partial charge is 0.310 e. The monoisotopic (exact) mass is 257 g/mol. The minimum absolute atomic E-state index is 0.185. The standard InChI is InChI=1S/C17H20FN/c1-13-4-3-5-15(12-13)10-11-19-14(2)16-6-8-17(18)9-7-16/h3-9,12,14,19H,10-11H2,1-2H3. The Kier molecular flexibility index (Phi) is 4.69. The Morgan fingerprint density at radius 2 is 1.84 bits per heavy atom. The molecule has 2 rings (SSSR count). The second-order valence-corrected chi connectivity index (χ2v) is 4.97. The van der Waals surface area contributed by atoms with Crippen LogP contribution < -0.4 is 5.32 Å². The molecule has 0 saturated carbocycles. The molecule has 0 amide bonds. The van der Waals surface area contributed by atoms with Gasteiger partial charge in [-0.25, -0.2) is 4.39 Å². The summed E-state index contributed by atoms with van der Waals surface area (Å²) in [7, 11) is 0. The van der Waals surface area contributed by atoms with Crippen molar-refractivity contribution in [3.8, 4) is 0 Å². The highest BCUT2D eigenvalue weighted by Crippen LogP contribution is 2.13. The molecule has 1 nitrogen and oxygen atoms in total. The van der Waals surface area contributed by atoms with Crippen molar-refractivity contribution in [3.05, 3.63) is 71.0 Å². The molecule has 19 heavy (non-hydrogen) atoms. The molecule has 0 spiro atoms. The van der Waals surface area contributed by atoms with Gasteiger partial charge in [0.2, 0.25) is 0 Å². The Hall–Kier alpha value is -1.67. The fourth-order valence-electron chi connectivity index (χ4n) is 2.17.